The van der Waals surface area contributed by atoms with E-state index in [1.54, 1.807) is 17.8 Å². The van der Waals surface area contributed by atoms with E-state index in [1.807, 2.05) is 13.8 Å². The lowest BCUT2D eigenvalue weighted by molar-refractivity contribution is 0.388. The fraction of sp³-hybridized carbons (Fsp3) is 0.500. The number of halogens is 1. The molecule has 19 heavy (non-hydrogen) atoms. The highest BCUT2D eigenvalue weighted by molar-refractivity contribution is 8.00. The lowest BCUT2D eigenvalue weighted by Gasteiger charge is -2.36. The summed E-state index contributed by atoms with van der Waals surface area (Å²) in [5.74, 6) is 0.791. The van der Waals surface area contributed by atoms with E-state index in [2.05, 4.69) is 0 Å². The monoisotopic (exact) mass is 320 g/mol. The molecule has 1 aromatic rings. The number of nitrogen functional groups attached to an aromatic ring is 1. The molecule has 0 aromatic heterocycles. The minimum Gasteiger partial charge on any atom is -0.398 e. The standard InChI is InChI=1S/C12H17ClN2O2S2/c1-12(2)8-15(5-6-18-12)19(16,17)11-4-3-9(13)7-10(11)14/h3-4,7H,5-6,8,14H2,1-2H3. The Balaban J connectivity index is 2.37. The molecule has 1 aliphatic rings. The molecule has 0 spiro atoms. The molecule has 0 amide bonds. The Morgan fingerprint density at radius 1 is 1.42 bits per heavy atom. The molecule has 1 heterocycles. The van der Waals surface area contributed by atoms with E-state index in [1.165, 1.54) is 16.4 Å². The average Bonchev–Trinajstić information content (AvgIpc) is 2.27. The summed E-state index contributed by atoms with van der Waals surface area (Å²) < 4.78 is 26.6. The second kappa shape index (κ2) is 5.16. The quantitative estimate of drug-likeness (QED) is 0.850. The molecule has 0 radical (unpaired) electrons. The van der Waals surface area contributed by atoms with E-state index in [9.17, 15) is 8.42 Å². The van der Waals surface area contributed by atoms with Crippen molar-refractivity contribution in [2.75, 3.05) is 24.6 Å². The van der Waals surface area contributed by atoms with Gasteiger partial charge in [0.25, 0.3) is 0 Å². The van der Waals surface area contributed by atoms with Crippen molar-refractivity contribution in [3.8, 4) is 0 Å². The van der Waals surface area contributed by atoms with E-state index in [0.29, 0.717) is 18.1 Å². The largest absolute Gasteiger partial charge is 0.398 e. The summed E-state index contributed by atoms with van der Waals surface area (Å²) >= 11 is 7.59. The number of hydrogen-bond acceptors (Lipinski definition) is 4. The van der Waals surface area contributed by atoms with Crippen LogP contribution < -0.4 is 5.73 Å². The highest BCUT2D eigenvalue weighted by Gasteiger charge is 2.35. The number of sulfonamides is 1. The Morgan fingerprint density at radius 3 is 2.68 bits per heavy atom. The van der Waals surface area contributed by atoms with Crippen LogP contribution in [0.25, 0.3) is 0 Å². The van der Waals surface area contributed by atoms with Gasteiger partial charge >= 0.3 is 0 Å². The first-order valence-electron chi connectivity index (χ1n) is 5.91. The van der Waals surface area contributed by atoms with Crippen molar-refractivity contribution < 1.29 is 8.42 Å². The molecule has 4 nitrogen and oxygen atoms in total. The Hall–Kier alpha value is -0.430. The number of anilines is 1. The Morgan fingerprint density at radius 2 is 2.11 bits per heavy atom. The van der Waals surface area contributed by atoms with Gasteiger partial charge in [0.15, 0.2) is 0 Å². The highest BCUT2D eigenvalue weighted by Crippen LogP contribution is 2.34. The second-order valence-corrected chi connectivity index (χ2v) is 9.27. The van der Waals surface area contributed by atoms with Gasteiger partial charge in [-0.2, -0.15) is 16.1 Å². The van der Waals surface area contributed by atoms with Gasteiger partial charge in [-0.05, 0) is 32.0 Å². The van der Waals surface area contributed by atoms with E-state index < -0.39 is 10.0 Å². The van der Waals surface area contributed by atoms with Crippen LogP contribution in [0.5, 0.6) is 0 Å². The summed E-state index contributed by atoms with van der Waals surface area (Å²) in [5.41, 5.74) is 5.98. The molecule has 1 aliphatic heterocycles. The minimum absolute atomic E-state index is 0.0769. The van der Waals surface area contributed by atoms with Crippen molar-refractivity contribution in [3.05, 3.63) is 23.2 Å². The van der Waals surface area contributed by atoms with Gasteiger partial charge in [-0.25, -0.2) is 8.42 Å². The second-order valence-electron chi connectivity index (χ2n) is 5.13. The van der Waals surface area contributed by atoms with Crippen LogP contribution in [0.3, 0.4) is 0 Å². The van der Waals surface area contributed by atoms with Crippen LogP contribution in [0.1, 0.15) is 13.8 Å². The molecule has 7 heteroatoms. The normalized spacial score (nSPS) is 20.4. The molecule has 0 atom stereocenters. The van der Waals surface area contributed by atoms with Gasteiger partial charge < -0.3 is 5.73 Å². The molecule has 0 unspecified atom stereocenters. The summed E-state index contributed by atoms with van der Waals surface area (Å²) in [7, 11) is -3.54. The smallest absolute Gasteiger partial charge is 0.245 e. The molecule has 2 N–H and O–H groups in total. The van der Waals surface area contributed by atoms with Crippen LogP contribution in [0, 0.1) is 0 Å². The lowest BCUT2D eigenvalue weighted by atomic mass is 10.2. The van der Waals surface area contributed by atoms with Crippen molar-refractivity contribution in [1.29, 1.82) is 0 Å². The summed E-state index contributed by atoms with van der Waals surface area (Å²) in [6.07, 6.45) is 0. The van der Waals surface area contributed by atoms with Gasteiger partial charge in [0.05, 0.1) is 5.69 Å². The third-order valence-electron chi connectivity index (χ3n) is 2.98. The highest BCUT2D eigenvalue weighted by atomic mass is 35.5. The van der Waals surface area contributed by atoms with Gasteiger partial charge in [0.1, 0.15) is 4.90 Å². The van der Waals surface area contributed by atoms with Crippen LogP contribution in [0.2, 0.25) is 5.02 Å². The van der Waals surface area contributed by atoms with E-state index >= 15 is 0 Å². The van der Waals surface area contributed by atoms with E-state index in [4.69, 9.17) is 17.3 Å². The topological polar surface area (TPSA) is 63.4 Å². The van der Waals surface area contributed by atoms with Gasteiger partial charge in [-0.3, -0.25) is 0 Å². The van der Waals surface area contributed by atoms with Crippen molar-refractivity contribution in [1.82, 2.24) is 4.31 Å². The van der Waals surface area contributed by atoms with Gasteiger partial charge in [-0.1, -0.05) is 11.6 Å². The molecular weight excluding hydrogens is 304 g/mol. The first-order valence-corrected chi connectivity index (χ1v) is 8.72. The molecule has 0 saturated carbocycles. The first kappa shape index (κ1) is 15.0. The maximum atomic E-state index is 12.6. The number of nitrogens with zero attached hydrogens (tertiary/aromatic N) is 1. The molecular formula is C12H17ClN2O2S2. The SMILES string of the molecule is CC1(C)CN(S(=O)(=O)c2ccc(Cl)cc2N)CCS1. The van der Waals surface area contributed by atoms with Gasteiger partial charge in [0.2, 0.25) is 10.0 Å². The fourth-order valence-electron chi connectivity index (χ4n) is 2.07. The summed E-state index contributed by atoms with van der Waals surface area (Å²) in [5, 5.41) is 0.436. The number of hydrogen-bond donors (Lipinski definition) is 1. The minimum atomic E-state index is -3.54. The average molecular weight is 321 g/mol. The third kappa shape index (κ3) is 3.18. The Kier molecular flexibility index (Phi) is 4.07. The Bertz CT molecular complexity index is 587. The molecule has 106 valence electrons. The van der Waals surface area contributed by atoms with Crippen molar-refractivity contribution >= 4 is 39.1 Å². The zero-order valence-electron chi connectivity index (χ0n) is 10.9. The Labute approximate surface area is 123 Å². The first-order chi connectivity index (χ1) is 8.72. The molecule has 2 rings (SSSR count). The van der Waals surface area contributed by atoms with Crippen molar-refractivity contribution in [3.63, 3.8) is 0 Å². The molecule has 1 aromatic carbocycles. The molecule has 0 aliphatic carbocycles. The van der Waals surface area contributed by atoms with Crippen molar-refractivity contribution in [2.45, 2.75) is 23.5 Å². The van der Waals surface area contributed by atoms with E-state index in [0.717, 1.165) is 5.75 Å². The number of nitrogens with two attached hydrogens (primary N) is 1. The number of rotatable bonds is 2. The molecule has 1 saturated heterocycles. The van der Waals surface area contributed by atoms with Gasteiger partial charge in [-0.15, -0.1) is 0 Å². The molecule has 0 bridgehead atoms. The van der Waals surface area contributed by atoms with Crippen LogP contribution in [0.15, 0.2) is 23.1 Å². The number of benzene rings is 1. The lowest BCUT2D eigenvalue weighted by Crippen LogP contribution is -2.46. The zero-order valence-corrected chi connectivity index (χ0v) is 13.3. The number of thioether (sulfide) groups is 1. The fourth-order valence-corrected chi connectivity index (χ4v) is 5.26. The van der Waals surface area contributed by atoms with Crippen LogP contribution in [-0.2, 0) is 10.0 Å². The van der Waals surface area contributed by atoms with Crippen LogP contribution in [-0.4, -0.2) is 36.3 Å². The maximum absolute atomic E-state index is 12.6. The summed E-state index contributed by atoms with van der Waals surface area (Å²) in [4.78, 5) is 0.139. The van der Waals surface area contributed by atoms with Crippen LogP contribution >= 0.6 is 23.4 Å². The predicted octanol–water partition coefficient (Wildman–Crippen LogP) is 2.44. The van der Waals surface area contributed by atoms with E-state index in [-0.39, 0.29) is 15.3 Å². The summed E-state index contributed by atoms with van der Waals surface area (Å²) in [6, 6.07) is 4.49. The summed E-state index contributed by atoms with van der Waals surface area (Å²) in [6.45, 7) is 5.09. The predicted molar refractivity (Wildman–Crippen MR) is 81.2 cm³/mol. The zero-order chi connectivity index (χ0) is 14.3. The maximum Gasteiger partial charge on any atom is 0.245 e. The van der Waals surface area contributed by atoms with Gasteiger partial charge in [0, 0.05) is 28.6 Å². The molecule has 1 fully saturated rings. The van der Waals surface area contributed by atoms with Crippen molar-refractivity contribution in [2.24, 2.45) is 0 Å². The van der Waals surface area contributed by atoms with Crippen LogP contribution in [0.4, 0.5) is 5.69 Å². The third-order valence-corrected chi connectivity index (χ3v) is 6.43.